The Morgan fingerprint density at radius 2 is 1.87 bits per heavy atom. The fourth-order valence-electron chi connectivity index (χ4n) is 2.28. The van der Waals surface area contributed by atoms with E-state index in [0.717, 1.165) is 17.0 Å². The summed E-state index contributed by atoms with van der Waals surface area (Å²) in [6.07, 6.45) is 4.78. The van der Waals surface area contributed by atoms with Crippen molar-refractivity contribution >= 4 is 18.1 Å². The molecule has 30 heavy (non-hydrogen) atoms. The van der Waals surface area contributed by atoms with Gasteiger partial charge in [0, 0.05) is 18.8 Å². The quantitative estimate of drug-likeness (QED) is 0.379. The zero-order valence-electron chi connectivity index (χ0n) is 17.6. The molecule has 0 bridgehead atoms. The summed E-state index contributed by atoms with van der Waals surface area (Å²) in [4.78, 5) is 27.5. The molecule has 0 radical (unpaired) electrons. The maximum Gasteiger partial charge on any atom is 0.407 e. The van der Waals surface area contributed by atoms with E-state index in [-0.39, 0.29) is 6.61 Å². The molecule has 1 N–H and O–H groups in total. The first-order chi connectivity index (χ1) is 14.3. The number of alkyl carbamates (subject to hydrolysis) is 1. The third kappa shape index (κ3) is 9.73. The van der Waals surface area contributed by atoms with E-state index < -0.39 is 17.7 Å². The number of carbonyl (C=O) groups excluding carboxylic acids is 2. The number of hydrogen-bond donors (Lipinski definition) is 1. The maximum atomic E-state index is 11.8. The van der Waals surface area contributed by atoms with Crippen molar-refractivity contribution in [1.82, 2.24) is 10.3 Å². The number of aromatic nitrogens is 1. The summed E-state index contributed by atoms with van der Waals surface area (Å²) in [5, 5.41) is 2.61. The molecule has 160 valence electrons. The van der Waals surface area contributed by atoms with Gasteiger partial charge in [-0.1, -0.05) is 18.2 Å². The largest absolute Gasteiger partial charge is 0.487 e. The first kappa shape index (κ1) is 22.9. The van der Waals surface area contributed by atoms with Crippen LogP contribution in [-0.4, -0.2) is 35.8 Å². The van der Waals surface area contributed by atoms with Gasteiger partial charge in [0.1, 0.15) is 18.0 Å². The van der Waals surface area contributed by atoms with Crippen molar-refractivity contribution in [2.24, 2.45) is 0 Å². The van der Waals surface area contributed by atoms with Gasteiger partial charge in [0.25, 0.3) is 0 Å². The van der Waals surface area contributed by atoms with Crippen LogP contribution in [0.1, 0.15) is 38.4 Å². The van der Waals surface area contributed by atoms with Crippen LogP contribution in [0.25, 0.3) is 6.08 Å². The molecule has 0 atom stereocenters. The number of pyridine rings is 1. The first-order valence-corrected chi connectivity index (χ1v) is 9.76. The zero-order chi connectivity index (χ0) is 21.8. The summed E-state index contributed by atoms with van der Waals surface area (Å²) in [5.74, 6) is 0.278. The van der Waals surface area contributed by atoms with Gasteiger partial charge in [-0.25, -0.2) is 9.59 Å². The Morgan fingerprint density at radius 3 is 2.53 bits per heavy atom. The standard InChI is InChI=1S/C23H28N2O5/c1-23(2,3)30-22(27)25-15-6-16-28-21(26)13-10-18-8-11-20(12-9-18)29-17-19-7-4-5-14-24-19/h4-5,7-14H,6,15-17H2,1-3H3,(H,25,27)/b13-10+. The molecular formula is C23H28N2O5. The third-order valence-electron chi connectivity index (χ3n) is 3.64. The van der Waals surface area contributed by atoms with Crippen molar-refractivity contribution in [3.05, 3.63) is 66.0 Å². The summed E-state index contributed by atoms with van der Waals surface area (Å²) in [5.41, 5.74) is 1.17. The maximum absolute atomic E-state index is 11.8. The second-order valence-electron chi connectivity index (χ2n) is 7.46. The Kier molecular flexibility index (Phi) is 8.87. The lowest BCUT2D eigenvalue weighted by Crippen LogP contribution is -2.33. The molecule has 0 aliphatic heterocycles. The molecule has 0 unspecified atom stereocenters. The minimum Gasteiger partial charge on any atom is -0.487 e. The lowest BCUT2D eigenvalue weighted by Gasteiger charge is -2.19. The molecule has 1 aromatic heterocycles. The van der Waals surface area contributed by atoms with Crippen molar-refractivity contribution in [2.45, 2.75) is 39.4 Å². The molecule has 1 heterocycles. The molecule has 7 heteroatoms. The van der Waals surface area contributed by atoms with E-state index in [0.29, 0.717) is 19.6 Å². The fraction of sp³-hybridized carbons (Fsp3) is 0.348. The Labute approximate surface area is 177 Å². The van der Waals surface area contributed by atoms with Gasteiger partial charge in [-0.2, -0.15) is 0 Å². The highest BCUT2D eigenvalue weighted by Crippen LogP contribution is 2.14. The van der Waals surface area contributed by atoms with Gasteiger partial charge >= 0.3 is 12.1 Å². The van der Waals surface area contributed by atoms with E-state index >= 15 is 0 Å². The average molecular weight is 412 g/mol. The third-order valence-corrected chi connectivity index (χ3v) is 3.64. The SMILES string of the molecule is CC(C)(C)OC(=O)NCCCOC(=O)/C=C/c1ccc(OCc2ccccn2)cc1. The van der Waals surface area contributed by atoms with Gasteiger partial charge in [-0.05, 0) is 63.1 Å². The number of benzene rings is 1. The van der Waals surface area contributed by atoms with Crippen LogP contribution in [0.15, 0.2) is 54.7 Å². The second-order valence-corrected chi connectivity index (χ2v) is 7.46. The summed E-state index contributed by atoms with van der Waals surface area (Å²) in [7, 11) is 0. The smallest absolute Gasteiger partial charge is 0.407 e. The lowest BCUT2D eigenvalue weighted by atomic mass is 10.2. The molecule has 0 aliphatic rings. The molecule has 0 saturated heterocycles. The van der Waals surface area contributed by atoms with Gasteiger partial charge < -0.3 is 19.5 Å². The van der Waals surface area contributed by atoms with E-state index in [2.05, 4.69) is 10.3 Å². The van der Waals surface area contributed by atoms with Crippen LogP contribution in [0.3, 0.4) is 0 Å². The summed E-state index contributed by atoms with van der Waals surface area (Å²) in [6.45, 7) is 6.35. The van der Waals surface area contributed by atoms with Crippen LogP contribution in [-0.2, 0) is 20.9 Å². The van der Waals surface area contributed by atoms with Crippen molar-refractivity contribution in [1.29, 1.82) is 0 Å². The molecule has 1 amide bonds. The number of nitrogens with one attached hydrogen (secondary N) is 1. The van der Waals surface area contributed by atoms with Gasteiger partial charge in [0.2, 0.25) is 0 Å². The molecule has 2 aromatic rings. The lowest BCUT2D eigenvalue weighted by molar-refractivity contribution is -0.137. The number of carbonyl (C=O) groups is 2. The van der Waals surface area contributed by atoms with E-state index in [4.69, 9.17) is 14.2 Å². The van der Waals surface area contributed by atoms with Crippen LogP contribution in [0.5, 0.6) is 5.75 Å². The number of esters is 1. The molecule has 0 aliphatic carbocycles. The van der Waals surface area contributed by atoms with Gasteiger partial charge in [0.05, 0.1) is 12.3 Å². The number of rotatable bonds is 9. The summed E-state index contributed by atoms with van der Waals surface area (Å²) in [6, 6.07) is 13.0. The zero-order valence-corrected chi connectivity index (χ0v) is 17.6. The Balaban J connectivity index is 1.64. The Bertz CT molecular complexity index is 827. The average Bonchev–Trinajstić information content (AvgIpc) is 2.70. The molecule has 2 rings (SSSR count). The van der Waals surface area contributed by atoms with Crippen molar-refractivity contribution in [3.8, 4) is 5.75 Å². The molecule has 7 nitrogen and oxygen atoms in total. The normalized spacial score (nSPS) is 11.2. The van der Waals surface area contributed by atoms with Crippen molar-refractivity contribution in [2.75, 3.05) is 13.2 Å². The van der Waals surface area contributed by atoms with Crippen LogP contribution in [0.4, 0.5) is 4.79 Å². The first-order valence-electron chi connectivity index (χ1n) is 9.76. The highest BCUT2D eigenvalue weighted by atomic mass is 16.6. The van der Waals surface area contributed by atoms with Crippen LogP contribution in [0, 0.1) is 0 Å². The van der Waals surface area contributed by atoms with E-state index in [1.54, 1.807) is 33.0 Å². The van der Waals surface area contributed by atoms with Crippen molar-refractivity contribution < 1.29 is 23.8 Å². The highest BCUT2D eigenvalue weighted by Gasteiger charge is 2.15. The number of ether oxygens (including phenoxy) is 3. The predicted molar refractivity (Wildman–Crippen MR) is 114 cm³/mol. The monoisotopic (exact) mass is 412 g/mol. The fourth-order valence-corrected chi connectivity index (χ4v) is 2.28. The molecule has 0 fully saturated rings. The van der Waals surface area contributed by atoms with Gasteiger partial charge in [-0.3, -0.25) is 4.98 Å². The number of hydrogen-bond acceptors (Lipinski definition) is 6. The minimum absolute atomic E-state index is 0.208. The highest BCUT2D eigenvalue weighted by molar-refractivity contribution is 5.87. The van der Waals surface area contributed by atoms with Crippen LogP contribution < -0.4 is 10.1 Å². The summed E-state index contributed by atoms with van der Waals surface area (Å²) < 4.78 is 15.9. The Hall–Kier alpha value is -3.35. The molecule has 0 spiro atoms. The summed E-state index contributed by atoms with van der Waals surface area (Å²) >= 11 is 0. The van der Waals surface area contributed by atoms with Gasteiger partial charge in [-0.15, -0.1) is 0 Å². The molecular weight excluding hydrogens is 384 g/mol. The van der Waals surface area contributed by atoms with Crippen LogP contribution in [0.2, 0.25) is 0 Å². The Morgan fingerprint density at radius 1 is 1.10 bits per heavy atom. The molecule has 0 saturated carbocycles. The van der Waals surface area contributed by atoms with E-state index in [9.17, 15) is 9.59 Å². The minimum atomic E-state index is -0.537. The second kappa shape index (κ2) is 11.6. The van der Waals surface area contributed by atoms with Crippen LogP contribution >= 0.6 is 0 Å². The topological polar surface area (TPSA) is 86.8 Å². The number of amides is 1. The molecule has 1 aromatic carbocycles. The number of nitrogens with zero attached hydrogens (tertiary/aromatic N) is 1. The van der Waals surface area contributed by atoms with E-state index in [1.807, 2.05) is 42.5 Å². The van der Waals surface area contributed by atoms with Crippen molar-refractivity contribution in [3.63, 3.8) is 0 Å². The van der Waals surface area contributed by atoms with E-state index in [1.165, 1.54) is 6.08 Å². The predicted octanol–water partition coefficient (Wildman–Crippen LogP) is 4.13. The van der Waals surface area contributed by atoms with Gasteiger partial charge in [0.15, 0.2) is 0 Å².